The summed E-state index contributed by atoms with van der Waals surface area (Å²) in [5.74, 6) is 0. The van der Waals surface area contributed by atoms with Crippen LogP contribution in [0.3, 0.4) is 0 Å². The zero-order chi connectivity index (χ0) is 8.55. The highest BCUT2D eigenvalue weighted by molar-refractivity contribution is 6.50. The van der Waals surface area contributed by atoms with Crippen molar-refractivity contribution in [3.63, 3.8) is 0 Å². The number of aromatic amines is 1. The lowest BCUT2D eigenvalue weighted by Gasteiger charge is -1.91. The van der Waals surface area contributed by atoms with Crippen molar-refractivity contribution in [1.29, 1.82) is 0 Å². The molecule has 0 atom stereocenters. The third-order valence-electron chi connectivity index (χ3n) is 1.75. The summed E-state index contributed by atoms with van der Waals surface area (Å²) in [6.07, 6.45) is 3.30. The lowest BCUT2D eigenvalue weighted by Crippen LogP contribution is -2.10. The van der Waals surface area contributed by atoms with Gasteiger partial charge >= 0.3 is 7.48 Å². The fraction of sp³-hybridized carbons (Fsp3) is 0. The van der Waals surface area contributed by atoms with Crippen LogP contribution in [-0.2, 0) is 0 Å². The largest absolute Gasteiger partial charge is 0.449 e. The number of fused-ring (bicyclic) bond motifs is 1. The van der Waals surface area contributed by atoms with Crippen LogP contribution in [0.5, 0.6) is 0 Å². The average molecular weight is 180 g/mol. The van der Waals surface area contributed by atoms with Crippen molar-refractivity contribution in [2.45, 2.75) is 0 Å². The third kappa shape index (κ3) is 1.09. The van der Waals surface area contributed by atoms with Crippen LogP contribution < -0.4 is 5.46 Å². The molecule has 2 heterocycles. The topological polar surface area (TPSA) is 48.9 Å². The van der Waals surface area contributed by atoms with Crippen LogP contribution in [0.1, 0.15) is 0 Å². The molecule has 0 aliphatic rings. The SMILES string of the molecule is OBc1c[nH]c2ncc(Cl)cc12. The molecule has 12 heavy (non-hydrogen) atoms. The second kappa shape index (κ2) is 2.81. The van der Waals surface area contributed by atoms with Crippen LogP contribution >= 0.6 is 11.6 Å². The van der Waals surface area contributed by atoms with Gasteiger partial charge in [-0.3, -0.25) is 0 Å². The molecule has 2 rings (SSSR count). The lowest BCUT2D eigenvalue weighted by molar-refractivity contribution is 0.616. The first-order valence-electron chi connectivity index (χ1n) is 3.53. The third-order valence-corrected chi connectivity index (χ3v) is 1.96. The summed E-state index contributed by atoms with van der Waals surface area (Å²) in [7, 11) is 0.00201. The first kappa shape index (κ1) is 7.64. The number of nitrogens with zero attached hydrogens (tertiary/aromatic N) is 1. The first-order chi connectivity index (χ1) is 5.81. The molecular weight excluding hydrogens is 174 g/mol. The molecule has 2 N–H and O–H groups in total. The fourth-order valence-electron chi connectivity index (χ4n) is 1.16. The number of aromatic nitrogens is 2. The molecule has 0 saturated carbocycles. The Kier molecular flexibility index (Phi) is 1.79. The Morgan fingerprint density at radius 3 is 3.17 bits per heavy atom. The maximum atomic E-state index is 8.92. The van der Waals surface area contributed by atoms with E-state index in [0.29, 0.717) is 5.02 Å². The van der Waals surface area contributed by atoms with E-state index in [-0.39, 0.29) is 7.48 Å². The molecule has 0 unspecified atom stereocenters. The number of hydrogen-bond donors (Lipinski definition) is 2. The second-order valence-corrected chi connectivity index (χ2v) is 2.96. The molecule has 0 amide bonds. The maximum Gasteiger partial charge on any atom is 0.307 e. The Morgan fingerprint density at radius 1 is 1.58 bits per heavy atom. The molecule has 0 saturated heterocycles. The van der Waals surface area contributed by atoms with E-state index in [1.165, 1.54) is 0 Å². The predicted molar refractivity (Wildman–Crippen MR) is 50.1 cm³/mol. The maximum absolute atomic E-state index is 8.92. The van der Waals surface area contributed by atoms with Gasteiger partial charge in [0, 0.05) is 11.6 Å². The lowest BCUT2D eigenvalue weighted by atomic mass is 9.89. The van der Waals surface area contributed by atoms with Gasteiger partial charge in [-0.2, -0.15) is 0 Å². The normalized spacial score (nSPS) is 10.5. The van der Waals surface area contributed by atoms with E-state index in [2.05, 4.69) is 9.97 Å². The molecule has 0 radical (unpaired) electrons. The summed E-state index contributed by atoms with van der Waals surface area (Å²) in [4.78, 5) is 6.99. The number of nitrogens with one attached hydrogen (secondary N) is 1. The van der Waals surface area contributed by atoms with Crippen molar-refractivity contribution in [3.8, 4) is 0 Å². The van der Waals surface area contributed by atoms with Gasteiger partial charge in [0.05, 0.1) is 5.02 Å². The molecule has 0 aromatic carbocycles. The van der Waals surface area contributed by atoms with Gasteiger partial charge in [-0.15, -0.1) is 0 Å². The van der Waals surface area contributed by atoms with Crippen LogP contribution in [0.4, 0.5) is 0 Å². The van der Waals surface area contributed by atoms with E-state index < -0.39 is 0 Å². The Bertz CT molecular complexity index is 415. The molecule has 5 heteroatoms. The molecule has 0 bridgehead atoms. The highest BCUT2D eigenvalue weighted by atomic mass is 35.5. The number of hydrogen-bond acceptors (Lipinski definition) is 2. The zero-order valence-corrected chi connectivity index (χ0v) is 6.97. The number of H-pyrrole nitrogens is 1. The predicted octanol–water partition coefficient (Wildman–Crippen LogP) is 0.185. The van der Waals surface area contributed by atoms with Crippen molar-refractivity contribution in [1.82, 2.24) is 9.97 Å². The van der Waals surface area contributed by atoms with Crippen LogP contribution in [0.15, 0.2) is 18.5 Å². The molecule has 0 aliphatic carbocycles. The van der Waals surface area contributed by atoms with Crippen LogP contribution in [-0.4, -0.2) is 22.5 Å². The molecule has 3 nitrogen and oxygen atoms in total. The van der Waals surface area contributed by atoms with Gasteiger partial charge in [0.1, 0.15) is 5.65 Å². The van der Waals surface area contributed by atoms with Crippen LogP contribution in [0.25, 0.3) is 11.0 Å². The summed E-state index contributed by atoms with van der Waals surface area (Å²) in [5, 5.41) is 10.4. The van der Waals surface area contributed by atoms with Crippen LogP contribution in [0, 0.1) is 0 Å². The first-order valence-corrected chi connectivity index (χ1v) is 3.91. The minimum atomic E-state index is 0.00201. The highest BCUT2D eigenvalue weighted by Gasteiger charge is 2.04. The molecule has 2 aromatic rings. The number of pyridine rings is 1. The van der Waals surface area contributed by atoms with E-state index in [1.807, 2.05) is 0 Å². The van der Waals surface area contributed by atoms with E-state index in [1.54, 1.807) is 18.5 Å². The molecule has 0 fully saturated rings. The van der Waals surface area contributed by atoms with Gasteiger partial charge < -0.3 is 10.0 Å². The minimum Gasteiger partial charge on any atom is -0.449 e. The summed E-state index contributed by atoms with van der Waals surface area (Å²) in [6.45, 7) is 0. The van der Waals surface area contributed by atoms with E-state index in [9.17, 15) is 0 Å². The number of rotatable bonds is 1. The Balaban J connectivity index is 2.75. The Hall–Kier alpha value is -0.995. The molecule has 60 valence electrons. The molecule has 2 aromatic heterocycles. The van der Waals surface area contributed by atoms with Crippen LogP contribution in [0.2, 0.25) is 5.02 Å². The molecule has 0 spiro atoms. The molecule has 0 aliphatic heterocycles. The summed E-state index contributed by atoms with van der Waals surface area (Å²) >= 11 is 5.75. The van der Waals surface area contributed by atoms with Gasteiger partial charge in [-0.25, -0.2) is 4.98 Å². The van der Waals surface area contributed by atoms with E-state index in [0.717, 1.165) is 16.5 Å². The van der Waals surface area contributed by atoms with Crippen molar-refractivity contribution >= 4 is 35.6 Å². The van der Waals surface area contributed by atoms with Gasteiger partial charge in [-0.05, 0) is 17.7 Å². The number of halogens is 1. The van der Waals surface area contributed by atoms with Gasteiger partial charge in [0.2, 0.25) is 0 Å². The van der Waals surface area contributed by atoms with Crippen molar-refractivity contribution < 1.29 is 5.02 Å². The standard InChI is InChI=1S/C7H6BClN2O/c9-4-1-5-6(8-12)3-11-7(5)10-2-4/h1-3,8,12H,(H,10,11). The van der Waals surface area contributed by atoms with Gasteiger partial charge in [0.25, 0.3) is 0 Å². The van der Waals surface area contributed by atoms with Crippen molar-refractivity contribution in [2.24, 2.45) is 0 Å². The summed E-state index contributed by atoms with van der Waals surface area (Å²) in [5.41, 5.74) is 1.57. The van der Waals surface area contributed by atoms with E-state index >= 15 is 0 Å². The van der Waals surface area contributed by atoms with E-state index in [4.69, 9.17) is 16.6 Å². The van der Waals surface area contributed by atoms with Crippen molar-refractivity contribution in [3.05, 3.63) is 23.5 Å². The van der Waals surface area contributed by atoms with Gasteiger partial charge in [-0.1, -0.05) is 11.6 Å². The monoisotopic (exact) mass is 180 g/mol. The second-order valence-electron chi connectivity index (χ2n) is 2.52. The zero-order valence-electron chi connectivity index (χ0n) is 6.21. The summed E-state index contributed by atoms with van der Waals surface area (Å²) < 4.78 is 0. The Labute approximate surface area is 74.7 Å². The van der Waals surface area contributed by atoms with Crippen molar-refractivity contribution in [2.75, 3.05) is 0 Å². The fourth-order valence-corrected chi connectivity index (χ4v) is 1.32. The Morgan fingerprint density at radius 2 is 2.42 bits per heavy atom. The average Bonchev–Trinajstić information content (AvgIpc) is 2.46. The van der Waals surface area contributed by atoms with Gasteiger partial charge in [0.15, 0.2) is 0 Å². The minimum absolute atomic E-state index is 0.00201. The summed E-state index contributed by atoms with van der Waals surface area (Å²) in [6, 6.07) is 1.78. The molecular formula is C7H6BClN2O. The quantitative estimate of drug-likeness (QED) is 0.615. The smallest absolute Gasteiger partial charge is 0.307 e. The highest BCUT2D eigenvalue weighted by Crippen LogP contribution is 2.12.